The van der Waals surface area contributed by atoms with Crippen molar-refractivity contribution in [1.29, 1.82) is 0 Å². The molecular weight excluding hydrogens is 250 g/mol. The number of nitrogens with one attached hydrogen (secondary N) is 1. The first-order chi connectivity index (χ1) is 7.42. The third-order valence-electron chi connectivity index (χ3n) is 1.95. The van der Waals surface area contributed by atoms with Gasteiger partial charge in [0.2, 0.25) is 0 Å². The smallest absolute Gasteiger partial charge is 0.149 e. The van der Waals surface area contributed by atoms with Crippen molar-refractivity contribution < 1.29 is 13.2 Å². The molecule has 16 heavy (non-hydrogen) atoms. The summed E-state index contributed by atoms with van der Waals surface area (Å²) in [6, 6.07) is 5.21. The molecule has 90 valence electrons. The van der Waals surface area contributed by atoms with Crippen LogP contribution in [-0.2, 0) is 9.84 Å². The van der Waals surface area contributed by atoms with Gasteiger partial charge >= 0.3 is 0 Å². The van der Waals surface area contributed by atoms with Crippen LogP contribution >= 0.6 is 11.6 Å². The standard InChI is InChI=1S/C10H14ClNO3S/c1-15-10-4-3-8(7-9(10)11)12-5-6-16(2,13)14/h3-4,7,12H,5-6H2,1-2H3. The molecule has 0 saturated heterocycles. The summed E-state index contributed by atoms with van der Waals surface area (Å²) in [5.41, 5.74) is 0.773. The summed E-state index contributed by atoms with van der Waals surface area (Å²) in [7, 11) is -1.40. The summed E-state index contributed by atoms with van der Waals surface area (Å²) in [5.74, 6) is 0.687. The number of hydrogen-bond acceptors (Lipinski definition) is 4. The van der Waals surface area contributed by atoms with Gasteiger partial charge in [-0.25, -0.2) is 8.42 Å². The molecule has 0 radical (unpaired) electrons. The summed E-state index contributed by atoms with van der Waals surface area (Å²) in [5, 5.41) is 3.47. The van der Waals surface area contributed by atoms with Crippen LogP contribution < -0.4 is 10.1 Å². The number of ether oxygens (including phenoxy) is 1. The molecule has 0 fully saturated rings. The van der Waals surface area contributed by atoms with Crippen LogP contribution in [0, 0.1) is 0 Å². The molecule has 6 heteroatoms. The van der Waals surface area contributed by atoms with Crippen molar-refractivity contribution >= 4 is 27.1 Å². The molecule has 0 heterocycles. The summed E-state index contributed by atoms with van der Waals surface area (Å²) in [6.07, 6.45) is 1.20. The van der Waals surface area contributed by atoms with Crippen LogP contribution in [0.4, 0.5) is 5.69 Å². The van der Waals surface area contributed by atoms with Gasteiger partial charge in [0.1, 0.15) is 15.6 Å². The van der Waals surface area contributed by atoms with Crippen LogP contribution in [0.3, 0.4) is 0 Å². The molecule has 4 nitrogen and oxygen atoms in total. The fourth-order valence-corrected chi connectivity index (χ4v) is 1.89. The predicted molar refractivity (Wildman–Crippen MR) is 66.2 cm³/mol. The summed E-state index contributed by atoms with van der Waals surface area (Å²) < 4.78 is 26.8. The molecule has 0 bridgehead atoms. The van der Waals surface area contributed by atoms with Crippen molar-refractivity contribution in [1.82, 2.24) is 0 Å². The van der Waals surface area contributed by atoms with E-state index in [1.165, 1.54) is 13.4 Å². The van der Waals surface area contributed by atoms with Crippen LogP contribution in [0.5, 0.6) is 5.75 Å². The van der Waals surface area contributed by atoms with Gasteiger partial charge in [-0.05, 0) is 18.2 Å². The van der Waals surface area contributed by atoms with Gasteiger partial charge in [-0.1, -0.05) is 11.6 Å². The lowest BCUT2D eigenvalue weighted by Gasteiger charge is -2.08. The van der Waals surface area contributed by atoms with E-state index in [4.69, 9.17) is 16.3 Å². The monoisotopic (exact) mass is 263 g/mol. The van der Waals surface area contributed by atoms with Gasteiger partial charge in [-0.2, -0.15) is 0 Å². The third kappa shape index (κ3) is 4.28. The van der Waals surface area contributed by atoms with Crippen LogP contribution in [0.15, 0.2) is 18.2 Å². The molecular formula is C10H14ClNO3S. The second-order valence-corrected chi connectivity index (χ2v) is 6.07. The fourth-order valence-electron chi connectivity index (χ4n) is 1.16. The Bertz CT molecular complexity index is 459. The van der Waals surface area contributed by atoms with Gasteiger partial charge in [-0.15, -0.1) is 0 Å². The molecule has 0 aliphatic heterocycles. The van der Waals surface area contributed by atoms with Crippen molar-refractivity contribution in [2.24, 2.45) is 0 Å². The van der Waals surface area contributed by atoms with E-state index in [1.54, 1.807) is 18.2 Å². The second kappa shape index (κ2) is 5.41. The van der Waals surface area contributed by atoms with Crippen molar-refractivity contribution in [2.75, 3.05) is 31.0 Å². The zero-order valence-electron chi connectivity index (χ0n) is 9.16. The number of methoxy groups -OCH3 is 1. The first-order valence-corrected chi connectivity index (χ1v) is 7.11. The molecule has 1 aromatic carbocycles. The largest absolute Gasteiger partial charge is 0.495 e. The maximum absolute atomic E-state index is 10.9. The Hall–Kier alpha value is -0.940. The highest BCUT2D eigenvalue weighted by Crippen LogP contribution is 2.26. The third-order valence-corrected chi connectivity index (χ3v) is 3.19. The molecule has 1 N–H and O–H groups in total. The average Bonchev–Trinajstić information content (AvgIpc) is 2.16. The quantitative estimate of drug-likeness (QED) is 0.880. The minimum atomic E-state index is -2.94. The Morgan fingerprint density at radius 2 is 2.12 bits per heavy atom. The van der Waals surface area contributed by atoms with Gasteiger partial charge < -0.3 is 10.1 Å². The van der Waals surface area contributed by atoms with E-state index >= 15 is 0 Å². The lowest BCUT2D eigenvalue weighted by atomic mass is 10.3. The molecule has 0 aromatic heterocycles. The molecule has 0 aliphatic rings. The Morgan fingerprint density at radius 1 is 1.44 bits per heavy atom. The van der Waals surface area contributed by atoms with E-state index in [0.717, 1.165) is 5.69 Å². The molecule has 0 amide bonds. The Balaban J connectivity index is 2.59. The zero-order chi connectivity index (χ0) is 12.2. The topological polar surface area (TPSA) is 55.4 Å². The van der Waals surface area contributed by atoms with Crippen LogP contribution in [0.2, 0.25) is 5.02 Å². The van der Waals surface area contributed by atoms with Crippen LogP contribution in [0.1, 0.15) is 0 Å². The Kier molecular flexibility index (Phi) is 4.44. The first kappa shape index (κ1) is 13.1. The van der Waals surface area contributed by atoms with Crippen LogP contribution in [0.25, 0.3) is 0 Å². The second-order valence-electron chi connectivity index (χ2n) is 3.41. The number of halogens is 1. The number of rotatable bonds is 5. The van der Waals surface area contributed by atoms with E-state index in [2.05, 4.69) is 5.32 Å². The number of sulfone groups is 1. The summed E-state index contributed by atoms with van der Waals surface area (Å²) in [6.45, 7) is 0.363. The number of anilines is 1. The maximum Gasteiger partial charge on any atom is 0.149 e. The average molecular weight is 264 g/mol. The van der Waals surface area contributed by atoms with Crippen molar-refractivity contribution in [3.05, 3.63) is 23.2 Å². The molecule has 1 aromatic rings. The molecule has 1 rings (SSSR count). The van der Waals surface area contributed by atoms with E-state index < -0.39 is 9.84 Å². The highest BCUT2D eigenvalue weighted by Gasteiger charge is 2.03. The van der Waals surface area contributed by atoms with Gasteiger partial charge in [0.05, 0.1) is 17.9 Å². The highest BCUT2D eigenvalue weighted by atomic mass is 35.5. The summed E-state index contributed by atoms with van der Waals surface area (Å²) >= 11 is 5.92. The molecule has 0 spiro atoms. The molecule has 0 saturated carbocycles. The van der Waals surface area contributed by atoms with Gasteiger partial charge in [0.15, 0.2) is 0 Å². The van der Waals surface area contributed by atoms with Crippen LogP contribution in [-0.4, -0.2) is 34.1 Å². The molecule has 0 aliphatic carbocycles. The number of benzene rings is 1. The number of hydrogen-bond donors (Lipinski definition) is 1. The van der Waals surface area contributed by atoms with Crippen molar-refractivity contribution in [3.63, 3.8) is 0 Å². The SMILES string of the molecule is COc1ccc(NCCS(C)(=O)=O)cc1Cl. The zero-order valence-corrected chi connectivity index (χ0v) is 10.7. The Morgan fingerprint density at radius 3 is 2.62 bits per heavy atom. The van der Waals surface area contributed by atoms with E-state index in [9.17, 15) is 8.42 Å². The fraction of sp³-hybridized carbons (Fsp3) is 0.400. The van der Waals surface area contributed by atoms with E-state index in [-0.39, 0.29) is 5.75 Å². The normalized spacial score (nSPS) is 11.2. The first-order valence-electron chi connectivity index (χ1n) is 4.67. The minimum Gasteiger partial charge on any atom is -0.495 e. The van der Waals surface area contributed by atoms with E-state index in [1.807, 2.05) is 0 Å². The molecule has 0 atom stereocenters. The summed E-state index contributed by atoms with van der Waals surface area (Å²) in [4.78, 5) is 0. The maximum atomic E-state index is 10.9. The minimum absolute atomic E-state index is 0.0939. The van der Waals surface area contributed by atoms with Gasteiger partial charge in [0, 0.05) is 18.5 Å². The van der Waals surface area contributed by atoms with E-state index in [0.29, 0.717) is 17.3 Å². The van der Waals surface area contributed by atoms with Crippen molar-refractivity contribution in [3.8, 4) is 5.75 Å². The predicted octanol–water partition coefficient (Wildman–Crippen LogP) is 1.81. The highest BCUT2D eigenvalue weighted by molar-refractivity contribution is 7.90. The van der Waals surface area contributed by atoms with Gasteiger partial charge in [-0.3, -0.25) is 0 Å². The lowest BCUT2D eigenvalue weighted by molar-refractivity contribution is 0.415. The molecule has 0 unspecified atom stereocenters. The van der Waals surface area contributed by atoms with Gasteiger partial charge in [0.25, 0.3) is 0 Å². The van der Waals surface area contributed by atoms with Crippen molar-refractivity contribution in [2.45, 2.75) is 0 Å². The Labute approximate surface area is 100 Å². The lowest BCUT2D eigenvalue weighted by Crippen LogP contribution is -2.14.